The number of benzene rings is 2. The molecule has 1 aliphatic rings. The van der Waals surface area contributed by atoms with Gasteiger partial charge in [0.1, 0.15) is 18.3 Å². The normalized spacial score (nSPS) is 13.1. The summed E-state index contributed by atoms with van der Waals surface area (Å²) in [5, 5.41) is 18.5. The van der Waals surface area contributed by atoms with E-state index in [0.717, 1.165) is 22.3 Å². The fraction of sp³-hybridized carbons (Fsp3) is 0.280. The van der Waals surface area contributed by atoms with Crippen LogP contribution in [0.4, 0.5) is 10.5 Å². The van der Waals surface area contributed by atoms with Crippen molar-refractivity contribution in [1.29, 1.82) is 0 Å². The predicted molar refractivity (Wildman–Crippen MR) is 129 cm³/mol. The summed E-state index contributed by atoms with van der Waals surface area (Å²) in [5.41, 5.74) is 4.55. The number of likely N-dealkylation sites (N-methyl/N-ethyl adjacent to an activating group) is 1. The van der Waals surface area contributed by atoms with Gasteiger partial charge < -0.3 is 20.1 Å². The van der Waals surface area contributed by atoms with Crippen molar-refractivity contribution >= 4 is 23.7 Å². The van der Waals surface area contributed by atoms with Gasteiger partial charge in [-0.15, -0.1) is 0 Å². The third-order valence-corrected chi connectivity index (χ3v) is 5.89. The van der Waals surface area contributed by atoms with Crippen LogP contribution in [0, 0.1) is 0 Å². The fourth-order valence-electron chi connectivity index (χ4n) is 4.32. The third-order valence-electron chi connectivity index (χ3n) is 5.89. The highest BCUT2D eigenvalue weighted by molar-refractivity contribution is 6.02. The van der Waals surface area contributed by atoms with Crippen molar-refractivity contribution in [2.24, 2.45) is 7.05 Å². The second-order valence-electron chi connectivity index (χ2n) is 8.61. The number of carboxylic acid groups (broad SMARTS) is 1. The number of rotatable bonds is 8. The van der Waals surface area contributed by atoms with Gasteiger partial charge in [0, 0.05) is 19.5 Å². The summed E-state index contributed by atoms with van der Waals surface area (Å²) in [5.74, 6) is -1.94. The van der Waals surface area contributed by atoms with Crippen LogP contribution in [-0.4, -0.2) is 71.0 Å². The molecule has 10 nitrogen and oxygen atoms in total. The number of carbonyl (C=O) groups is 3. The molecule has 2 amide bonds. The fourth-order valence-corrected chi connectivity index (χ4v) is 4.32. The molecule has 0 spiro atoms. The Hall–Kier alpha value is -4.18. The molecule has 2 aromatic carbocycles. The van der Waals surface area contributed by atoms with Crippen LogP contribution in [-0.2, 0) is 16.6 Å². The molecule has 182 valence electrons. The first-order valence-corrected chi connectivity index (χ1v) is 11.1. The Morgan fingerprint density at radius 1 is 1.09 bits per heavy atom. The van der Waals surface area contributed by atoms with E-state index >= 15 is 0 Å². The second-order valence-corrected chi connectivity index (χ2v) is 8.61. The number of carbonyl (C=O) groups excluding carboxylic acids is 2. The Morgan fingerprint density at radius 3 is 2.26 bits per heavy atom. The van der Waals surface area contributed by atoms with E-state index < -0.39 is 24.0 Å². The smallest absolute Gasteiger partial charge is 0.411 e. The van der Waals surface area contributed by atoms with E-state index in [9.17, 15) is 19.5 Å². The van der Waals surface area contributed by atoms with Gasteiger partial charge in [-0.05, 0) is 36.3 Å². The standard InChI is InChI=1S/C25H27N5O5/c1-29(2)13-21(24(32)33)27-23(31)22-20(12-26-30(22)3)28-25(34)35-14-19-17-10-6-4-8-15(17)16-9-5-7-11-18(16)19/h4-12,19,21H,13-14H2,1-3H3,(H,27,31)(H,28,34)(H,32,33)/t21-/m0/s1. The second kappa shape index (κ2) is 9.98. The third kappa shape index (κ3) is 5.02. The Morgan fingerprint density at radius 2 is 1.69 bits per heavy atom. The Bertz CT molecular complexity index is 1220. The lowest BCUT2D eigenvalue weighted by atomic mass is 9.98. The number of anilines is 1. The topological polar surface area (TPSA) is 126 Å². The monoisotopic (exact) mass is 477 g/mol. The van der Waals surface area contributed by atoms with E-state index in [2.05, 4.69) is 27.9 Å². The van der Waals surface area contributed by atoms with Crippen molar-refractivity contribution in [3.63, 3.8) is 0 Å². The average molecular weight is 478 g/mol. The zero-order valence-corrected chi connectivity index (χ0v) is 19.7. The number of nitrogens with zero attached hydrogens (tertiary/aromatic N) is 3. The first kappa shape index (κ1) is 24.0. The summed E-state index contributed by atoms with van der Waals surface area (Å²) in [7, 11) is 4.94. The van der Waals surface area contributed by atoms with E-state index in [4.69, 9.17) is 4.74 Å². The molecule has 0 bridgehead atoms. The minimum Gasteiger partial charge on any atom is -0.480 e. The summed E-state index contributed by atoms with van der Waals surface area (Å²) in [6.45, 7) is 0.222. The number of ether oxygens (including phenoxy) is 1. The maximum Gasteiger partial charge on any atom is 0.411 e. The molecule has 1 heterocycles. The molecule has 3 N–H and O–H groups in total. The molecule has 0 aliphatic heterocycles. The van der Waals surface area contributed by atoms with Crippen LogP contribution >= 0.6 is 0 Å². The number of hydrogen-bond acceptors (Lipinski definition) is 6. The van der Waals surface area contributed by atoms with E-state index in [-0.39, 0.29) is 30.5 Å². The van der Waals surface area contributed by atoms with Gasteiger partial charge in [-0.3, -0.25) is 14.8 Å². The molecule has 1 atom stereocenters. The van der Waals surface area contributed by atoms with Crippen LogP contribution in [0.3, 0.4) is 0 Å². The molecule has 0 saturated carbocycles. The minimum atomic E-state index is -1.17. The number of aromatic nitrogens is 2. The largest absolute Gasteiger partial charge is 0.480 e. The van der Waals surface area contributed by atoms with E-state index in [1.165, 1.54) is 17.9 Å². The van der Waals surface area contributed by atoms with Crippen LogP contribution in [0.25, 0.3) is 11.1 Å². The van der Waals surface area contributed by atoms with Crippen LogP contribution in [0.15, 0.2) is 54.7 Å². The van der Waals surface area contributed by atoms with Crippen molar-refractivity contribution in [3.05, 3.63) is 71.5 Å². The highest BCUT2D eigenvalue weighted by atomic mass is 16.5. The highest BCUT2D eigenvalue weighted by Crippen LogP contribution is 2.44. The number of carboxylic acids is 1. The molecular formula is C25H27N5O5. The molecule has 1 aliphatic carbocycles. The molecule has 0 fully saturated rings. The van der Waals surface area contributed by atoms with Gasteiger partial charge >= 0.3 is 12.1 Å². The number of aryl methyl sites for hydroxylation is 1. The lowest BCUT2D eigenvalue weighted by Crippen LogP contribution is -2.47. The van der Waals surface area contributed by atoms with Crippen molar-refractivity contribution in [1.82, 2.24) is 20.0 Å². The van der Waals surface area contributed by atoms with Gasteiger partial charge in [0.05, 0.1) is 11.9 Å². The number of amides is 2. The average Bonchev–Trinajstić information content (AvgIpc) is 3.34. The number of fused-ring (bicyclic) bond motifs is 3. The van der Waals surface area contributed by atoms with Crippen molar-refractivity contribution < 1.29 is 24.2 Å². The molecule has 4 rings (SSSR count). The summed E-state index contributed by atoms with van der Waals surface area (Å²) < 4.78 is 6.81. The summed E-state index contributed by atoms with van der Waals surface area (Å²) in [6, 6.07) is 14.9. The van der Waals surface area contributed by atoms with E-state index in [0.29, 0.717) is 0 Å². The van der Waals surface area contributed by atoms with Crippen LogP contribution in [0.1, 0.15) is 27.5 Å². The van der Waals surface area contributed by atoms with Gasteiger partial charge in [0.25, 0.3) is 5.91 Å². The van der Waals surface area contributed by atoms with E-state index in [1.54, 1.807) is 19.0 Å². The van der Waals surface area contributed by atoms with Gasteiger partial charge in [0.15, 0.2) is 0 Å². The van der Waals surface area contributed by atoms with Crippen LogP contribution in [0.2, 0.25) is 0 Å². The Balaban J connectivity index is 1.45. The number of nitrogens with one attached hydrogen (secondary N) is 2. The van der Waals surface area contributed by atoms with Crippen molar-refractivity contribution in [2.75, 3.05) is 32.6 Å². The lowest BCUT2D eigenvalue weighted by Gasteiger charge is -2.19. The molecule has 3 aromatic rings. The first-order valence-electron chi connectivity index (χ1n) is 11.1. The van der Waals surface area contributed by atoms with Crippen LogP contribution < -0.4 is 10.6 Å². The first-order chi connectivity index (χ1) is 16.8. The number of aliphatic carboxylic acids is 1. The SMILES string of the molecule is CN(C)C[C@H](NC(=O)c1c(NC(=O)OCC2c3ccccc3-c3ccccc32)cnn1C)C(=O)O. The molecule has 0 radical (unpaired) electrons. The minimum absolute atomic E-state index is 0.0171. The van der Waals surface area contributed by atoms with Crippen molar-refractivity contribution in [2.45, 2.75) is 12.0 Å². The molecule has 1 aromatic heterocycles. The summed E-state index contributed by atoms with van der Waals surface area (Å²) in [6.07, 6.45) is 0.579. The van der Waals surface area contributed by atoms with Gasteiger partial charge in [-0.25, -0.2) is 9.59 Å². The molecule has 0 saturated heterocycles. The van der Waals surface area contributed by atoms with E-state index in [1.807, 2.05) is 36.4 Å². The van der Waals surface area contributed by atoms with Gasteiger partial charge in [0.2, 0.25) is 0 Å². The zero-order chi connectivity index (χ0) is 25.1. The molecule has 10 heteroatoms. The predicted octanol–water partition coefficient (Wildman–Crippen LogP) is 2.53. The zero-order valence-electron chi connectivity index (χ0n) is 19.7. The highest BCUT2D eigenvalue weighted by Gasteiger charge is 2.30. The summed E-state index contributed by atoms with van der Waals surface area (Å²) >= 11 is 0. The van der Waals surface area contributed by atoms with Gasteiger partial charge in [-0.1, -0.05) is 48.5 Å². The summed E-state index contributed by atoms with van der Waals surface area (Å²) in [4.78, 5) is 38.6. The van der Waals surface area contributed by atoms with Gasteiger partial charge in [-0.2, -0.15) is 5.10 Å². The maximum atomic E-state index is 12.8. The Kier molecular flexibility index (Phi) is 6.83. The van der Waals surface area contributed by atoms with Crippen LogP contribution in [0.5, 0.6) is 0 Å². The van der Waals surface area contributed by atoms with Crippen molar-refractivity contribution in [3.8, 4) is 11.1 Å². The molecule has 35 heavy (non-hydrogen) atoms. The quantitative estimate of drug-likeness (QED) is 0.455. The number of hydrogen-bond donors (Lipinski definition) is 3. The molecule has 0 unspecified atom stereocenters. The lowest BCUT2D eigenvalue weighted by molar-refractivity contribution is -0.139. The Labute approximate surface area is 202 Å². The molecular weight excluding hydrogens is 450 g/mol. The maximum absolute atomic E-state index is 12.8.